The second kappa shape index (κ2) is 4.76. The fourth-order valence-corrected chi connectivity index (χ4v) is 2.37. The van der Waals surface area contributed by atoms with E-state index in [2.05, 4.69) is 57.7 Å². The van der Waals surface area contributed by atoms with E-state index in [4.69, 9.17) is 0 Å². The third kappa shape index (κ3) is 2.45. The summed E-state index contributed by atoms with van der Waals surface area (Å²) in [7, 11) is 1.94. The first kappa shape index (κ1) is 11.8. The number of anilines is 1. The zero-order chi connectivity index (χ0) is 13.2. The molecule has 0 spiro atoms. The second-order valence-corrected chi connectivity index (χ2v) is 4.80. The Labute approximate surface area is 112 Å². The fraction of sp³-hybridized carbons (Fsp3) is 0.188. The first-order chi connectivity index (χ1) is 9.24. The van der Waals surface area contributed by atoms with E-state index >= 15 is 0 Å². The Morgan fingerprint density at radius 1 is 1.11 bits per heavy atom. The van der Waals surface area contributed by atoms with Gasteiger partial charge in [-0.1, -0.05) is 18.2 Å². The molecular weight excluding hydrogens is 234 g/mol. The molecule has 2 aromatic carbocycles. The van der Waals surface area contributed by atoms with E-state index in [1.807, 2.05) is 14.0 Å². The van der Waals surface area contributed by atoms with Gasteiger partial charge in [-0.15, -0.1) is 0 Å². The molecule has 3 rings (SSSR count). The van der Waals surface area contributed by atoms with Crippen LogP contribution in [0.3, 0.4) is 0 Å². The van der Waals surface area contributed by atoms with E-state index in [1.165, 1.54) is 11.1 Å². The first-order valence-corrected chi connectivity index (χ1v) is 6.46. The lowest BCUT2D eigenvalue weighted by Crippen LogP contribution is -1.92. The summed E-state index contributed by atoms with van der Waals surface area (Å²) in [5.41, 5.74) is 5.90. The second-order valence-electron chi connectivity index (χ2n) is 4.80. The highest BCUT2D eigenvalue weighted by atomic mass is 14.9. The number of H-pyrrole nitrogens is 1. The van der Waals surface area contributed by atoms with Gasteiger partial charge in [-0.25, -0.2) is 4.98 Å². The number of hydrogen-bond acceptors (Lipinski definition) is 2. The molecule has 0 fully saturated rings. The maximum atomic E-state index is 4.42. The van der Waals surface area contributed by atoms with Gasteiger partial charge in [-0.3, -0.25) is 0 Å². The van der Waals surface area contributed by atoms with Crippen LogP contribution in [0.25, 0.3) is 11.0 Å². The summed E-state index contributed by atoms with van der Waals surface area (Å²) in [6.07, 6.45) is 0.934. The van der Waals surface area contributed by atoms with Gasteiger partial charge in [-0.2, -0.15) is 0 Å². The van der Waals surface area contributed by atoms with Crippen molar-refractivity contribution in [1.29, 1.82) is 0 Å². The molecule has 0 saturated carbocycles. The summed E-state index contributed by atoms with van der Waals surface area (Å²) in [4.78, 5) is 7.71. The minimum absolute atomic E-state index is 0.934. The lowest BCUT2D eigenvalue weighted by atomic mass is 10.0. The Kier molecular flexibility index (Phi) is 2.95. The molecule has 3 heteroatoms. The fourth-order valence-electron chi connectivity index (χ4n) is 2.37. The van der Waals surface area contributed by atoms with Crippen molar-refractivity contribution in [3.8, 4) is 0 Å². The Bertz CT molecular complexity index is 713. The van der Waals surface area contributed by atoms with Gasteiger partial charge >= 0.3 is 0 Å². The van der Waals surface area contributed by atoms with Gasteiger partial charge in [-0.05, 0) is 48.7 Å². The molecule has 19 heavy (non-hydrogen) atoms. The van der Waals surface area contributed by atoms with Crippen LogP contribution in [0.2, 0.25) is 0 Å². The summed E-state index contributed by atoms with van der Waals surface area (Å²) in [5.74, 6) is 0.962. The molecule has 0 aliphatic carbocycles. The average Bonchev–Trinajstić information content (AvgIpc) is 2.78. The lowest BCUT2D eigenvalue weighted by Gasteiger charge is -2.05. The van der Waals surface area contributed by atoms with Crippen molar-refractivity contribution in [3.05, 3.63) is 59.4 Å². The smallest absolute Gasteiger partial charge is 0.104 e. The van der Waals surface area contributed by atoms with E-state index in [9.17, 15) is 0 Å². The minimum Gasteiger partial charge on any atom is -0.388 e. The topological polar surface area (TPSA) is 40.7 Å². The quantitative estimate of drug-likeness (QED) is 0.748. The van der Waals surface area contributed by atoms with Gasteiger partial charge in [0.15, 0.2) is 0 Å². The number of benzene rings is 2. The SMILES string of the molecule is CNc1cccc(Cc2ccc3nc(C)[nH]c3c2)c1. The molecule has 1 aromatic heterocycles. The van der Waals surface area contributed by atoms with E-state index in [-0.39, 0.29) is 0 Å². The van der Waals surface area contributed by atoms with Crippen molar-refractivity contribution in [2.75, 3.05) is 12.4 Å². The highest BCUT2D eigenvalue weighted by molar-refractivity contribution is 5.76. The molecule has 3 nitrogen and oxygen atoms in total. The third-order valence-electron chi connectivity index (χ3n) is 3.29. The number of aromatic amines is 1. The van der Waals surface area contributed by atoms with Gasteiger partial charge in [0, 0.05) is 12.7 Å². The van der Waals surface area contributed by atoms with Crippen LogP contribution in [0.4, 0.5) is 5.69 Å². The van der Waals surface area contributed by atoms with Crippen LogP contribution in [0.15, 0.2) is 42.5 Å². The molecule has 0 atom stereocenters. The number of aromatic nitrogens is 2. The van der Waals surface area contributed by atoms with Gasteiger partial charge < -0.3 is 10.3 Å². The van der Waals surface area contributed by atoms with Crippen LogP contribution in [0, 0.1) is 6.92 Å². The minimum atomic E-state index is 0.934. The highest BCUT2D eigenvalue weighted by Crippen LogP contribution is 2.18. The Morgan fingerprint density at radius 2 is 1.95 bits per heavy atom. The van der Waals surface area contributed by atoms with Crippen molar-refractivity contribution in [1.82, 2.24) is 9.97 Å². The van der Waals surface area contributed by atoms with E-state index in [1.54, 1.807) is 0 Å². The van der Waals surface area contributed by atoms with Gasteiger partial charge in [0.05, 0.1) is 11.0 Å². The molecule has 2 N–H and O–H groups in total. The number of fused-ring (bicyclic) bond motifs is 1. The maximum absolute atomic E-state index is 4.42. The van der Waals surface area contributed by atoms with Crippen LogP contribution in [0.5, 0.6) is 0 Å². The summed E-state index contributed by atoms with van der Waals surface area (Å²) >= 11 is 0. The molecule has 0 unspecified atom stereocenters. The largest absolute Gasteiger partial charge is 0.388 e. The number of aryl methyl sites for hydroxylation is 1. The molecule has 3 aromatic rings. The molecule has 0 amide bonds. The molecule has 0 radical (unpaired) electrons. The first-order valence-electron chi connectivity index (χ1n) is 6.46. The normalized spacial score (nSPS) is 10.8. The van der Waals surface area contributed by atoms with E-state index in [0.29, 0.717) is 0 Å². The number of nitrogens with zero attached hydrogens (tertiary/aromatic N) is 1. The molecule has 0 saturated heterocycles. The monoisotopic (exact) mass is 251 g/mol. The van der Waals surface area contributed by atoms with Gasteiger partial charge in [0.25, 0.3) is 0 Å². The van der Waals surface area contributed by atoms with Gasteiger partial charge in [0.2, 0.25) is 0 Å². The number of nitrogens with one attached hydrogen (secondary N) is 2. The van der Waals surface area contributed by atoms with Crippen molar-refractivity contribution in [3.63, 3.8) is 0 Å². The number of hydrogen-bond donors (Lipinski definition) is 2. The van der Waals surface area contributed by atoms with E-state index < -0.39 is 0 Å². The zero-order valence-corrected chi connectivity index (χ0v) is 11.2. The molecule has 0 aliphatic rings. The maximum Gasteiger partial charge on any atom is 0.104 e. The molecular formula is C16H17N3. The van der Waals surface area contributed by atoms with Crippen LogP contribution < -0.4 is 5.32 Å². The number of rotatable bonds is 3. The van der Waals surface area contributed by atoms with Crippen LogP contribution >= 0.6 is 0 Å². The number of imidazole rings is 1. The summed E-state index contributed by atoms with van der Waals surface area (Å²) in [5, 5.41) is 3.17. The lowest BCUT2D eigenvalue weighted by molar-refractivity contribution is 1.17. The Hall–Kier alpha value is -2.29. The van der Waals surface area contributed by atoms with Crippen molar-refractivity contribution in [2.45, 2.75) is 13.3 Å². The zero-order valence-electron chi connectivity index (χ0n) is 11.2. The molecule has 0 bridgehead atoms. The molecule has 1 heterocycles. The van der Waals surface area contributed by atoms with Gasteiger partial charge in [0.1, 0.15) is 5.82 Å². The van der Waals surface area contributed by atoms with Crippen LogP contribution in [-0.4, -0.2) is 17.0 Å². The molecule has 96 valence electrons. The summed E-state index contributed by atoms with van der Waals surface area (Å²) in [6, 6.07) is 14.9. The standard InChI is InChI=1S/C16H17N3/c1-11-18-15-7-6-13(10-16(15)19-11)8-12-4-3-5-14(9-12)17-2/h3-7,9-10,17H,8H2,1-2H3,(H,18,19). The Balaban J connectivity index is 1.91. The van der Waals surface area contributed by atoms with Crippen LogP contribution in [-0.2, 0) is 6.42 Å². The highest BCUT2D eigenvalue weighted by Gasteiger charge is 2.02. The predicted molar refractivity (Wildman–Crippen MR) is 79.6 cm³/mol. The average molecular weight is 251 g/mol. The van der Waals surface area contributed by atoms with Crippen molar-refractivity contribution < 1.29 is 0 Å². The predicted octanol–water partition coefficient (Wildman–Crippen LogP) is 3.50. The summed E-state index contributed by atoms with van der Waals surface area (Å²) in [6.45, 7) is 1.98. The van der Waals surface area contributed by atoms with Crippen LogP contribution in [0.1, 0.15) is 17.0 Å². The Morgan fingerprint density at radius 3 is 2.79 bits per heavy atom. The van der Waals surface area contributed by atoms with Crippen molar-refractivity contribution >= 4 is 16.7 Å². The summed E-state index contributed by atoms with van der Waals surface area (Å²) < 4.78 is 0. The third-order valence-corrected chi connectivity index (χ3v) is 3.29. The molecule has 0 aliphatic heterocycles. The van der Waals surface area contributed by atoms with E-state index in [0.717, 1.165) is 29.0 Å². The van der Waals surface area contributed by atoms with Crippen molar-refractivity contribution in [2.24, 2.45) is 0 Å².